The Morgan fingerprint density at radius 1 is 1.37 bits per heavy atom. The largest absolute Gasteiger partial charge is 0.461 e. The van der Waals surface area contributed by atoms with Gasteiger partial charge < -0.3 is 19.5 Å². The summed E-state index contributed by atoms with van der Waals surface area (Å²) in [4.78, 5) is 9.47. The Bertz CT molecular complexity index is 487. The number of para-hydroxylation sites is 1. The van der Waals surface area contributed by atoms with E-state index < -0.39 is 5.77 Å². The van der Waals surface area contributed by atoms with Crippen molar-refractivity contribution in [2.24, 2.45) is 0 Å². The van der Waals surface area contributed by atoms with E-state index in [1.165, 1.54) is 0 Å². The molecule has 0 amide bonds. The lowest BCUT2D eigenvalue weighted by molar-refractivity contribution is 0.0588. The predicted octanol–water partition coefficient (Wildman–Crippen LogP) is 3.72. The van der Waals surface area contributed by atoms with Gasteiger partial charge in [-0.05, 0) is 56.0 Å². The summed E-state index contributed by atoms with van der Waals surface area (Å²) in [6, 6.07) is 9.18. The van der Waals surface area contributed by atoms with Crippen molar-refractivity contribution in [2.75, 3.05) is 0 Å². The first-order chi connectivity index (χ1) is 8.78. The molecule has 1 aromatic carbocycles. The molecule has 1 atom stereocenters. The zero-order valence-corrected chi connectivity index (χ0v) is 13.4. The van der Waals surface area contributed by atoms with Crippen molar-refractivity contribution in [3.8, 4) is 5.75 Å². The quantitative estimate of drug-likeness (QED) is 0.617. The topological polar surface area (TPSA) is 50.7 Å². The first-order valence-electron chi connectivity index (χ1n) is 5.69. The van der Waals surface area contributed by atoms with Gasteiger partial charge in [0.15, 0.2) is 0 Å². The van der Waals surface area contributed by atoms with Gasteiger partial charge in [0.1, 0.15) is 5.75 Å². The Labute approximate surface area is 123 Å². The summed E-state index contributed by atoms with van der Waals surface area (Å²) in [5.41, 5.74) is 0.457. The van der Waals surface area contributed by atoms with Crippen LogP contribution in [0.25, 0.3) is 0 Å². The number of allylic oxidation sites excluding steroid dienone is 1. The number of hydrogen-bond acceptors (Lipinski definition) is 3. The summed E-state index contributed by atoms with van der Waals surface area (Å²) in [6.07, 6.45) is -0.0812. The van der Waals surface area contributed by atoms with Crippen LogP contribution in [-0.2, 0) is 16.5 Å². The highest BCUT2D eigenvalue weighted by Crippen LogP contribution is 2.43. The van der Waals surface area contributed by atoms with Crippen molar-refractivity contribution in [3.05, 3.63) is 42.0 Å². The second-order valence-corrected chi connectivity index (χ2v) is 8.99. The highest BCUT2D eigenvalue weighted by Gasteiger charge is 2.15. The van der Waals surface area contributed by atoms with Crippen molar-refractivity contribution in [1.82, 2.24) is 5.09 Å². The summed E-state index contributed by atoms with van der Waals surface area (Å²) < 4.78 is 11.2. The Morgan fingerprint density at radius 3 is 2.42 bits per heavy atom. The van der Waals surface area contributed by atoms with Crippen LogP contribution < -0.4 is 9.82 Å². The average Bonchev–Trinajstić information content (AvgIpc) is 2.26. The molecule has 0 heterocycles. The van der Waals surface area contributed by atoms with Crippen molar-refractivity contribution < 1.29 is 14.4 Å². The summed E-state index contributed by atoms with van der Waals surface area (Å²) in [7, 11) is 0. The summed E-state index contributed by atoms with van der Waals surface area (Å²) in [5, 5.41) is 2.62. The van der Waals surface area contributed by atoms with Crippen molar-refractivity contribution in [1.29, 1.82) is 0 Å². The van der Waals surface area contributed by atoms with Gasteiger partial charge in [-0.2, -0.15) is 0 Å². The summed E-state index contributed by atoms with van der Waals surface area (Å²) in [5.74, 6) is -2.22. The predicted molar refractivity (Wildman–Crippen MR) is 81.5 cm³/mol. The molecule has 0 aliphatic heterocycles. The van der Waals surface area contributed by atoms with E-state index in [9.17, 15) is 4.89 Å². The standard InChI is InChI=1S/C12H17ClNO3PS/c1-9(2)16-12(10(3)14-18(13,15)19)17-11-7-5-4-6-8-11/h4-9H,1-3H3,(H2,14,15,19)/t18-/m1/s1. The zero-order chi connectivity index (χ0) is 14.5. The molecule has 0 saturated heterocycles. The normalized spacial score (nSPS) is 15.5. The molecule has 0 aromatic heterocycles. The first kappa shape index (κ1) is 16.3. The van der Waals surface area contributed by atoms with Crippen LogP contribution in [-0.4, -0.2) is 11.0 Å². The molecular formula is C12H17ClNO3PS. The van der Waals surface area contributed by atoms with Gasteiger partial charge in [0.2, 0.25) is 5.77 Å². The molecule has 0 aliphatic carbocycles. The second-order valence-electron chi connectivity index (χ2n) is 4.11. The molecule has 0 unspecified atom stereocenters. The SMILES string of the molecule is CC(N[P@](O)(=S)Cl)=C(Oc1ccccc1)OC(C)C. The van der Waals surface area contributed by atoms with E-state index in [0.29, 0.717) is 11.4 Å². The molecule has 19 heavy (non-hydrogen) atoms. The van der Waals surface area contributed by atoms with E-state index in [1.807, 2.05) is 32.0 Å². The van der Waals surface area contributed by atoms with Crippen LogP contribution >= 0.6 is 17.0 Å². The molecular weight excluding hydrogens is 305 g/mol. The minimum atomic E-state index is -3.09. The highest BCUT2D eigenvalue weighted by atomic mass is 35.7. The van der Waals surface area contributed by atoms with E-state index in [2.05, 4.69) is 5.09 Å². The fraction of sp³-hybridized carbons (Fsp3) is 0.333. The Hall–Kier alpha value is -0.740. The molecule has 1 aromatic rings. The van der Waals surface area contributed by atoms with Gasteiger partial charge in [-0.1, -0.05) is 18.2 Å². The number of halogens is 1. The summed E-state index contributed by atoms with van der Waals surface area (Å²) in [6.45, 7) is 5.43. The van der Waals surface area contributed by atoms with Gasteiger partial charge in [0, 0.05) is 0 Å². The lowest BCUT2D eigenvalue weighted by Crippen LogP contribution is -2.15. The maximum absolute atomic E-state index is 9.47. The van der Waals surface area contributed by atoms with E-state index >= 15 is 0 Å². The van der Waals surface area contributed by atoms with Crippen LogP contribution in [0, 0.1) is 0 Å². The number of hydrogen-bond donors (Lipinski definition) is 2. The molecule has 0 radical (unpaired) electrons. The van der Waals surface area contributed by atoms with Crippen LogP contribution in [0.5, 0.6) is 5.75 Å². The fourth-order valence-corrected chi connectivity index (χ4v) is 2.55. The van der Waals surface area contributed by atoms with Crippen molar-refractivity contribution >= 4 is 28.8 Å². The van der Waals surface area contributed by atoms with Crippen LogP contribution in [0.3, 0.4) is 0 Å². The third kappa shape index (κ3) is 6.83. The third-order valence-electron chi connectivity index (χ3n) is 1.91. The highest BCUT2D eigenvalue weighted by molar-refractivity contribution is 8.23. The van der Waals surface area contributed by atoms with Gasteiger partial charge >= 0.3 is 5.95 Å². The Morgan fingerprint density at radius 2 is 1.95 bits per heavy atom. The van der Waals surface area contributed by atoms with Gasteiger partial charge in [0.25, 0.3) is 0 Å². The van der Waals surface area contributed by atoms with Crippen molar-refractivity contribution in [3.63, 3.8) is 0 Å². The van der Waals surface area contributed by atoms with Crippen LogP contribution in [0.2, 0.25) is 0 Å². The molecule has 0 fully saturated rings. The van der Waals surface area contributed by atoms with Gasteiger partial charge in [-0.25, -0.2) is 0 Å². The molecule has 0 bridgehead atoms. The Balaban J connectivity index is 2.94. The molecule has 2 N–H and O–H groups in total. The molecule has 7 heteroatoms. The molecule has 1 rings (SSSR count). The molecule has 4 nitrogen and oxygen atoms in total. The molecule has 0 spiro atoms. The fourth-order valence-electron chi connectivity index (χ4n) is 1.25. The van der Waals surface area contributed by atoms with Crippen molar-refractivity contribution in [2.45, 2.75) is 26.9 Å². The van der Waals surface area contributed by atoms with E-state index in [0.717, 1.165) is 0 Å². The monoisotopic (exact) mass is 321 g/mol. The molecule has 0 aliphatic rings. The van der Waals surface area contributed by atoms with E-state index in [-0.39, 0.29) is 12.0 Å². The van der Waals surface area contributed by atoms with Gasteiger partial charge in [0.05, 0.1) is 11.8 Å². The average molecular weight is 322 g/mol. The lowest BCUT2D eigenvalue weighted by atomic mass is 10.3. The van der Waals surface area contributed by atoms with Crippen LogP contribution in [0.4, 0.5) is 0 Å². The smallest absolute Gasteiger partial charge is 0.305 e. The van der Waals surface area contributed by atoms with Gasteiger partial charge in [-0.3, -0.25) is 0 Å². The number of ether oxygens (including phenoxy) is 2. The minimum Gasteiger partial charge on any atom is -0.461 e. The minimum absolute atomic E-state index is 0.0812. The lowest BCUT2D eigenvalue weighted by Gasteiger charge is -2.19. The maximum Gasteiger partial charge on any atom is 0.305 e. The maximum atomic E-state index is 9.47. The molecule has 0 saturated carbocycles. The Kier molecular flexibility index (Phi) is 6.14. The van der Waals surface area contributed by atoms with Gasteiger partial charge in [-0.15, -0.1) is 0 Å². The van der Waals surface area contributed by atoms with E-state index in [1.54, 1.807) is 19.1 Å². The van der Waals surface area contributed by atoms with E-state index in [4.69, 9.17) is 32.5 Å². The second kappa shape index (κ2) is 7.15. The van der Waals surface area contributed by atoms with Crippen LogP contribution in [0.1, 0.15) is 20.8 Å². The number of rotatable bonds is 6. The van der Waals surface area contributed by atoms with Crippen LogP contribution in [0.15, 0.2) is 42.0 Å². The number of nitrogens with one attached hydrogen (secondary N) is 1. The number of benzene rings is 1. The zero-order valence-electron chi connectivity index (χ0n) is 11.0. The first-order valence-corrected chi connectivity index (χ1v) is 9.35. The molecule has 106 valence electrons. The third-order valence-corrected chi connectivity index (χ3v) is 3.05. The summed E-state index contributed by atoms with van der Waals surface area (Å²) >= 11 is 10.4.